The van der Waals surface area contributed by atoms with E-state index in [4.69, 9.17) is 4.98 Å². The first-order valence-corrected chi connectivity index (χ1v) is 6.24. The first-order chi connectivity index (χ1) is 8.10. The van der Waals surface area contributed by atoms with Crippen LogP contribution in [0.5, 0.6) is 0 Å². The molecule has 3 heteroatoms. The molecule has 0 amide bonds. The fourth-order valence-electron chi connectivity index (χ4n) is 2.86. The van der Waals surface area contributed by atoms with Gasteiger partial charge in [-0.3, -0.25) is 0 Å². The van der Waals surface area contributed by atoms with Crippen molar-refractivity contribution in [2.75, 3.05) is 13.1 Å². The van der Waals surface area contributed by atoms with Gasteiger partial charge in [0.1, 0.15) is 5.82 Å². The highest BCUT2D eigenvalue weighted by molar-refractivity contribution is 5.77. The lowest BCUT2D eigenvalue weighted by Crippen LogP contribution is -2.28. The minimum atomic E-state index is 0.182. The normalized spacial score (nSPS) is 24.6. The molecule has 2 aromatic rings. The molecule has 1 N–H and O–H groups in total. The average molecular weight is 229 g/mol. The van der Waals surface area contributed by atoms with Gasteiger partial charge in [0.25, 0.3) is 0 Å². The van der Waals surface area contributed by atoms with Gasteiger partial charge in [-0.05, 0) is 37.6 Å². The van der Waals surface area contributed by atoms with Gasteiger partial charge in [-0.2, -0.15) is 0 Å². The third-order valence-corrected chi connectivity index (χ3v) is 3.94. The Balaban J connectivity index is 2.20. The Morgan fingerprint density at radius 2 is 2.24 bits per heavy atom. The summed E-state index contributed by atoms with van der Waals surface area (Å²) >= 11 is 0. The average Bonchev–Trinajstić information content (AvgIpc) is 2.85. The number of nitrogens with zero attached hydrogens (tertiary/aromatic N) is 2. The molecule has 1 aliphatic rings. The van der Waals surface area contributed by atoms with Crippen molar-refractivity contribution in [3.8, 4) is 0 Å². The molecule has 1 aliphatic heterocycles. The van der Waals surface area contributed by atoms with Crippen molar-refractivity contribution >= 4 is 11.0 Å². The Hall–Kier alpha value is -1.35. The van der Waals surface area contributed by atoms with Crippen LogP contribution in [0.25, 0.3) is 11.0 Å². The third kappa shape index (κ3) is 1.57. The van der Waals surface area contributed by atoms with Gasteiger partial charge in [0, 0.05) is 19.0 Å². The quantitative estimate of drug-likeness (QED) is 0.812. The van der Waals surface area contributed by atoms with Crippen LogP contribution in [-0.4, -0.2) is 22.6 Å². The van der Waals surface area contributed by atoms with E-state index in [0.29, 0.717) is 0 Å². The molecule has 1 atom stereocenters. The second-order valence-electron chi connectivity index (χ2n) is 5.47. The number of benzene rings is 1. The van der Waals surface area contributed by atoms with Crippen LogP contribution in [0.15, 0.2) is 18.2 Å². The van der Waals surface area contributed by atoms with E-state index in [1.165, 1.54) is 23.3 Å². The van der Waals surface area contributed by atoms with Gasteiger partial charge in [-0.1, -0.05) is 13.0 Å². The predicted molar refractivity (Wildman–Crippen MR) is 70.3 cm³/mol. The van der Waals surface area contributed by atoms with E-state index >= 15 is 0 Å². The Labute approximate surface area is 102 Å². The molecule has 0 aliphatic carbocycles. The van der Waals surface area contributed by atoms with E-state index in [1.54, 1.807) is 0 Å². The molecule has 1 aromatic heterocycles. The summed E-state index contributed by atoms with van der Waals surface area (Å²) in [5, 5.41) is 3.44. The van der Waals surface area contributed by atoms with E-state index < -0.39 is 0 Å². The number of nitrogens with one attached hydrogen (secondary N) is 1. The fourth-order valence-corrected chi connectivity index (χ4v) is 2.86. The molecule has 0 radical (unpaired) electrons. The van der Waals surface area contributed by atoms with Crippen molar-refractivity contribution in [1.82, 2.24) is 14.9 Å². The predicted octanol–water partition coefficient (Wildman–Crippen LogP) is 2.13. The second kappa shape index (κ2) is 3.57. The monoisotopic (exact) mass is 229 g/mol. The van der Waals surface area contributed by atoms with Crippen LogP contribution in [0.3, 0.4) is 0 Å². The van der Waals surface area contributed by atoms with Crippen LogP contribution in [0.2, 0.25) is 0 Å². The highest BCUT2D eigenvalue weighted by Gasteiger charge is 2.34. The van der Waals surface area contributed by atoms with Crippen LogP contribution in [-0.2, 0) is 12.5 Å². The van der Waals surface area contributed by atoms with E-state index in [-0.39, 0.29) is 5.41 Å². The van der Waals surface area contributed by atoms with Crippen molar-refractivity contribution < 1.29 is 0 Å². The molecule has 3 rings (SSSR count). The summed E-state index contributed by atoms with van der Waals surface area (Å²) < 4.78 is 2.25. The van der Waals surface area contributed by atoms with Gasteiger partial charge in [-0.25, -0.2) is 4.98 Å². The molecule has 17 heavy (non-hydrogen) atoms. The fraction of sp³-hybridized carbons (Fsp3) is 0.500. The van der Waals surface area contributed by atoms with Gasteiger partial charge in [-0.15, -0.1) is 0 Å². The van der Waals surface area contributed by atoms with Gasteiger partial charge in [0.2, 0.25) is 0 Å². The minimum Gasteiger partial charge on any atom is -0.331 e. The van der Waals surface area contributed by atoms with Crippen molar-refractivity contribution in [2.45, 2.75) is 25.7 Å². The topological polar surface area (TPSA) is 29.9 Å². The van der Waals surface area contributed by atoms with E-state index in [0.717, 1.165) is 18.6 Å². The SMILES string of the molecule is Cc1ccc2c(c1)nc(C1(C)CCNC1)n2C. The second-order valence-corrected chi connectivity index (χ2v) is 5.47. The molecule has 1 saturated heterocycles. The number of hydrogen-bond acceptors (Lipinski definition) is 2. The maximum Gasteiger partial charge on any atom is 0.116 e. The van der Waals surface area contributed by atoms with Crippen LogP contribution in [0.1, 0.15) is 24.7 Å². The van der Waals surface area contributed by atoms with Crippen molar-refractivity contribution in [2.24, 2.45) is 7.05 Å². The first-order valence-electron chi connectivity index (χ1n) is 6.24. The Kier molecular flexibility index (Phi) is 2.26. The number of rotatable bonds is 1. The summed E-state index contributed by atoms with van der Waals surface area (Å²) in [7, 11) is 2.13. The van der Waals surface area contributed by atoms with E-state index in [2.05, 4.69) is 49.0 Å². The highest BCUT2D eigenvalue weighted by atomic mass is 15.1. The zero-order valence-electron chi connectivity index (χ0n) is 10.7. The summed E-state index contributed by atoms with van der Waals surface area (Å²) in [6, 6.07) is 6.50. The summed E-state index contributed by atoms with van der Waals surface area (Å²) in [4.78, 5) is 4.85. The number of imidazole rings is 1. The van der Waals surface area contributed by atoms with Crippen molar-refractivity contribution in [1.29, 1.82) is 0 Å². The molecule has 1 unspecified atom stereocenters. The van der Waals surface area contributed by atoms with Crippen LogP contribution in [0.4, 0.5) is 0 Å². The summed E-state index contributed by atoms with van der Waals surface area (Å²) in [6.45, 7) is 6.55. The van der Waals surface area contributed by atoms with E-state index in [1.807, 2.05) is 0 Å². The van der Waals surface area contributed by atoms with Crippen LogP contribution in [0, 0.1) is 6.92 Å². The lowest BCUT2D eigenvalue weighted by molar-refractivity contribution is 0.475. The molecule has 1 fully saturated rings. The standard InChI is InChI=1S/C14H19N3/c1-10-4-5-12-11(8-10)16-13(17(12)3)14(2)6-7-15-9-14/h4-5,8,15H,6-7,9H2,1-3H3. The van der Waals surface area contributed by atoms with Gasteiger partial charge in [0.15, 0.2) is 0 Å². The van der Waals surface area contributed by atoms with E-state index in [9.17, 15) is 0 Å². The summed E-state index contributed by atoms with van der Waals surface area (Å²) in [5.74, 6) is 1.21. The molecule has 0 saturated carbocycles. The maximum absolute atomic E-state index is 4.85. The van der Waals surface area contributed by atoms with Crippen LogP contribution < -0.4 is 5.32 Å². The Bertz CT molecular complexity index is 562. The lowest BCUT2D eigenvalue weighted by Gasteiger charge is -2.21. The zero-order chi connectivity index (χ0) is 12.0. The molecule has 90 valence electrons. The Morgan fingerprint density at radius 1 is 1.41 bits per heavy atom. The summed E-state index contributed by atoms with van der Waals surface area (Å²) in [5.41, 5.74) is 3.81. The van der Waals surface area contributed by atoms with Crippen molar-refractivity contribution in [3.63, 3.8) is 0 Å². The molecule has 0 bridgehead atoms. The number of aryl methyl sites for hydroxylation is 2. The van der Waals surface area contributed by atoms with Crippen molar-refractivity contribution in [3.05, 3.63) is 29.6 Å². The number of aromatic nitrogens is 2. The zero-order valence-corrected chi connectivity index (χ0v) is 10.7. The maximum atomic E-state index is 4.85. The number of fused-ring (bicyclic) bond motifs is 1. The largest absolute Gasteiger partial charge is 0.331 e. The highest BCUT2D eigenvalue weighted by Crippen LogP contribution is 2.31. The first kappa shape index (κ1) is 10.8. The molecule has 0 spiro atoms. The Morgan fingerprint density at radius 3 is 2.94 bits per heavy atom. The third-order valence-electron chi connectivity index (χ3n) is 3.94. The van der Waals surface area contributed by atoms with Gasteiger partial charge < -0.3 is 9.88 Å². The molecular weight excluding hydrogens is 210 g/mol. The molecule has 1 aromatic carbocycles. The van der Waals surface area contributed by atoms with Gasteiger partial charge in [0.05, 0.1) is 11.0 Å². The number of hydrogen-bond donors (Lipinski definition) is 1. The lowest BCUT2D eigenvalue weighted by atomic mass is 9.89. The molecule has 3 nitrogen and oxygen atoms in total. The van der Waals surface area contributed by atoms with Gasteiger partial charge >= 0.3 is 0 Å². The summed E-state index contributed by atoms with van der Waals surface area (Å²) in [6.07, 6.45) is 1.17. The smallest absolute Gasteiger partial charge is 0.116 e. The molecular formula is C14H19N3. The molecule has 2 heterocycles. The minimum absolute atomic E-state index is 0.182. The van der Waals surface area contributed by atoms with Crippen LogP contribution >= 0.6 is 0 Å².